The van der Waals surface area contributed by atoms with Gasteiger partial charge in [-0.1, -0.05) is 38.6 Å². The Hall–Kier alpha value is -3.27. The number of carbonyl (C=O) groups excluding carboxylic acids is 2. The minimum absolute atomic E-state index is 0.00754. The Morgan fingerprint density at radius 2 is 2.00 bits per heavy atom. The van der Waals surface area contributed by atoms with E-state index in [4.69, 9.17) is 13.9 Å². The second-order valence-electron chi connectivity index (χ2n) is 8.19. The van der Waals surface area contributed by atoms with Crippen molar-refractivity contribution in [3.05, 3.63) is 42.2 Å². The third-order valence-electron chi connectivity index (χ3n) is 4.80. The van der Waals surface area contributed by atoms with E-state index in [-0.39, 0.29) is 11.2 Å². The second kappa shape index (κ2) is 10.6. The van der Waals surface area contributed by atoms with Crippen LogP contribution in [0, 0.1) is 0 Å². The van der Waals surface area contributed by atoms with Crippen LogP contribution in [0.4, 0.5) is 5.69 Å². The van der Waals surface area contributed by atoms with Gasteiger partial charge in [-0.05, 0) is 42.2 Å². The summed E-state index contributed by atoms with van der Waals surface area (Å²) in [5, 5.41) is 11.6. The SMILES string of the molecule is CCn1c(SCC(=O)OCC(=O)Nc2cc(C(C)(C)C)ccc2OC)nnc1-c1ccco1. The standard InChI is InChI=1S/C23H28N4O5S/c1-6-27-21(18-8-7-11-31-18)25-26-22(27)33-14-20(29)32-13-19(28)24-16-12-15(23(2,3)4)9-10-17(16)30-5/h7-12H,6,13-14H2,1-5H3,(H,24,28). The molecule has 10 heteroatoms. The second-order valence-corrected chi connectivity index (χ2v) is 9.13. The number of thioether (sulfide) groups is 1. The van der Waals surface area contributed by atoms with Crippen LogP contribution < -0.4 is 10.1 Å². The monoisotopic (exact) mass is 472 g/mol. The van der Waals surface area contributed by atoms with E-state index < -0.39 is 18.5 Å². The lowest BCUT2D eigenvalue weighted by atomic mass is 9.87. The first-order valence-electron chi connectivity index (χ1n) is 10.5. The molecule has 0 aliphatic heterocycles. The maximum absolute atomic E-state index is 12.4. The van der Waals surface area contributed by atoms with Crippen molar-refractivity contribution < 1.29 is 23.5 Å². The van der Waals surface area contributed by atoms with E-state index in [0.29, 0.717) is 34.7 Å². The van der Waals surface area contributed by atoms with Crippen LogP contribution >= 0.6 is 11.8 Å². The molecular weight excluding hydrogens is 444 g/mol. The van der Waals surface area contributed by atoms with Gasteiger partial charge < -0.3 is 19.2 Å². The Kier molecular flexibility index (Phi) is 7.80. The molecule has 0 saturated heterocycles. The van der Waals surface area contributed by atoms with E-state index in [1.807, 2.05) is 23.6 Å². The number of hydrogen-bond donors (Lipinski definition) is 1. The van der Waals surface area contributed by atoms with Crippen LogP contribution in [0.5, 0.6) is 5.75 Å². The number of hydrogen-bond acceptors (Lipinski definition) is 8. The fraction of sp³-hybridized carbons (Fsp3) is 0.391. The quantitative estimate of drug-likeness (QED) is 0.366. The third-order valence-corrected chi connectivity index (χ3v) is 5.74. The summed E-state index contributed by atoms with van der Waals surface area (Å²) < 4.78 is 17.7. The molecule has 0 unspecified atom stereocenters. The number of amides is 1. The summed E-state index contributed by atoms with van der Waals surface area (Å²) in [7, 11) is 1.53. The number of furan rings is 1. The molecule has 0 bridgehead atoms. The molecular formula is C23H28N4O5S. The van der Waals surface area contributed by atoms with Gasteiger partial charge in [0.15, 0.2) is 23.3 Å². The molecule has 1 aromatic carbocycles. The highest BCUT2D eigenvalue weighted by Crippen LogP contribution is 2.31. The highest BCUT2D eigenvalue weighted by atomic mass is 32.2. The van der Waals surface area contributed by atoms with Crippen LogP contribution in [0.15, 0.2) is 46.2 Å². The van der Waals surface area contributed by atoms with Crippen molar-refractivity contribution in [3.8, 4) is 17.3 Å². The number of methoxy groups -OCH3 is 1. The van der Waals surface area contributed by atoms with Gasteiger partial charge in [0.2, 0.25) is 0 Å². The van der Waals surface area contributed by atoms with E-state index in [9.17, 15) is 9.59 Å². The van der Waals surface area contributed by atoms with Crippen molar-refractivity contribution in [3.63, 3.8) is 0 Å². The molecule has 0 fully saturated rings. The van der Waals surface area contributed by atoms with E-state index in [1.54, 1.807) is 24.5 Å². The average molecular weight is 473 g/mol. The maximum atomic E-state index is 12.4. The van der Waals surface area contributed by atoms with Crippen molar-refractivity contribution in [2.24, 2.45) is 0 Å². The van der Waals surface area contributed by atoms with E-state index >= 15 is 0 Å². The largest absolute Gasteiger partial charge is 0.495 e. The minimum Gasteiger partial charge on any atom is -0.495 e. The first kappa shape index (κ1) is 24.4. The van der Waals surface area contributed by atoms with Gasteiger partial charge in [-0.2, -0.15) is 0 Å². The van der Waals surface area contributed by atoms with Crippen LogP contribution in [0.1, 0.15) is 33.3 Å². The number of nitrogens with zero attached hydrogens (tertiary/aromatic N) is 3. The molecule has 1 N–H and O–H groups in total. The van der Waals surface area contributed by atoms with Crippen LogP contribution in [0.25, 0.3) is 11.6 Å². The van der Waals surface area contributed by atoms with Crippen molar-refractivity contribution in [1.82, 2.24) is 14.8 Å². The van der Waals surface area contributed by atoms with Crippen molar-refractivity contribution in [1.29, 1.82) is 0 Å². The minimum atomic E-state index is -0.532. The lowest BCUT2D eigenvalue weighted by molar-refractivity contribution is -0.144. The lowest BCUT2D eigenvalue weighted by Gasteiger charge is -2.21. The molecule has 0 aliphatic rings. The number of nitrogens with one attached hydrogen (secondary N) is 1. The van der Waals surface area contributed by atoms with Gasteiger partial charge in [0.05, 0.1) is 24.8 Å². The molecule has 0 saturated carbocycles. The van der Waals surface area contributed by atoms with Gasteiger partial charge in [0, 0.05) is 6.54 Å². The van der Waals surface area contributed by atoms with E-state index in [1.165, 1.54) is 18.9 Å². The predicted molar refractivity (Wildman–Crippen MR) is 125 cm³/mol. The normalized spacial score (nSPS) is 11.3. The molecule has 3 rings (SSSR count). The van der Waals surface area contributed by atoms with E-state index in [2.05, 4.69) is 36.3 Å². The van der Waals surface area contributed by atoms with Crippen LogP contribution in [-0.4, -0.2) is 46.1 Å². The van der Waals surface area contributed by atoms with Crippen molar-refractivity contribution in [2.45, 2.75) is 44.8 Å². The fourth-order valence-corrected chi connectivity index (χ4v) is 3.84. The average Bonchev–Trinajstić information content (AvgIpc) is 3.44. The van der Waals surface area contributed by atoms with Gasteiger partial charge in [-0.3, -0.25) is 14.2 Å². The van der Waals surface area contributed by atoms with Crippen LogP contribution in [0.2, 0.25) is 0 Å². The molecule has 176 valence electrons. The van der Waals surface area contributed by atoms with Crippen LogP contribution in [-0.2, 0) is 26.3 Å². The summed E-state index contributed by atoms with van der Waals surface area (Å²) in [5.74, 6) is 0.729. The zero-order valence-electron chi connectivity index (χ0n) is 19.4. The summed E-state index contributed by atoms with van der Waals surface area (Å²) in [6, 6.07) is 9.19. The van der Waals surface area contributed by atoms with Gasteiger partial charge in [0.1, 0.15) is 5.75 Å². The molecule has 3 aromatic rings. The lowest BCUT2D eigenvalue weighted by Crippen LogP contribution is -2.22. The zero-order chi connectivity index (χ0) is 24.0. The molecule has 0 aliphatic carbocycles. The highest BCUT2D eigenvalue weighted by Gasteiger charge is 2.19. The number of benzene rings is 1. The molecule has 9 nitrogen and oxygen atoms in total. The predicted octanol–water partition coefficient (Wildman–Crippen LogP) is 4.14. The molecule has 2 heterocycles. The molecule has 0 spiro atoms. The summed E-state index contributed by atoms with van der Waals surface area (Å²) in [5.41, 5.74) is 1.48. The Morgan fingerprint density at radius 3 is 2.64 bits per heavy atom. The van der Waals surface area contributed by atoms with Gasteiger partial charge >= 0.3 is 5.97 Å². The molecule has 33 heavy (non-hydrogen) atoms. The summed E-state index contributed by atoms with van der Waals surface area (Å²) >= 11 is 1.19. The number of aromatic nitrogens is 3. The smallest absolute Gasteiger partial charge is 0.316 e. The zero-order valence-corrected chi connectivity index (χ0v) is 20.2. The van der Waals surface area contributed by atoms with Crippen LogP contribution in [0.3, 0.4) is 0 Å². The maximum Gasteiger partial charge on any atom is 0.316 e. The van der Waals surface area contributed by atoms with Crippen molar-refractivity contribution in [2.75, 3.05) is 24.8 Å². The number of carbonyl (C=O) groups is 2. The molecule has 0 atom stereocenters. The fourth-order valence-electron chi connectivity index (χ4n) is 3.04. The Morgan fingerprint density at radius 1 is 1.21 bits per heavy atom. The highest BCUT2D eigenvalue weighted by molar-refractivity contribution is 7.99. The first-order chi connectivity index (χ1) is 15.7. The number of ether oxygens (including phenoxy) is 2. The topological polar surface area (TPSA) is 108 Å². The Balaban J connectivity index is 1.54. The van der Waals surface area contributed by atoms with Gasteiger partial charge in [-0.25, -0.2) is 0 Å². The number of esters is 1. The molecule has 0 radical (unpaired) electrons. The van der Waals surface area contributed by atoms with Crippen molar-refractivity contribution >= 4 is 29.3 Å². The summed E-state index contributed by atoms with van der Waals surface area (Å²) in [6.07, 6.45) is 1.56. The first-order valence-corrected chi connectivity index (χ1v) is 11.4. The number of anilines is 1. The number of rotatable bonds is 9. The van der Waals surface area contributed by atoms with Gasteiger partial charge in [-0.15, -0.1) is 10.2 Å². The Labute approximate surface area is 196 Å². The molecule has 2 aromatic heterocycles. The summed E-state index contributed by atoms with van der Waals surface area (Å²) in [4.78, 5) is 24.6. The molecule has 1 amide bonds. The van der Waals surface area contributed by atoms with Gasteiger partial charge in [0.25, 0.3) is 5.91 Å². The van der Waals surface area contributed by atoms with E-state index in [0.717, 1.165) is 5.56 Å². The summed E-state index contributed by atoms with van der Waals surface area (Å²) in [6.45, 7) is 8.40. The Bertz CT molecular complexity index is 1100. The third kappa shape index (κ3) is 6.16.